The van der Waals surface area contributed by atoms with Crippen LogP contribution in [0.4, 0.5) is 0 Å². The molecule has 6 saturated heterocycles. The van der Waals surface area contributed by atoms with Gasteiger partial charge < -0.3 is 44.2 Å². The SMILES string of the molecule is C.C.C.CB(O)N1CCC(CC(=O)N2CCN(C(c3ccc(Cl)cc3)c3ccc(Br)cn3)C[C@@H]2C(C)(C)C)CC1.CB(O)N1CCC(CC(=O)N2CCN(C(c3ccc(Cl)cc3)c3ccc(Br)cn3)C[C@@H]2C(C)(C)C)CC1.CB(O)N1CCC(CC(=O)N2CCN(C(c3ccc(Cl)cc3)c3ccc(Br)cn3)C[C@@H]2C(C)(C)C)CC1. The number of hydrogen-bond acceptors (Lipinski definition) is 15. The van der Waals surface area contributed by atoms with E-state index in [1.807, 2.05) is 93.7 Å². The number of nitrogens with zero attached hydrogens (tertiary/aromatic N) is 12. The van der Waals surface area contributed by atoms with Gasteiger partial charge >= 0.3 is 21.2 Å². The summed E-state index contributed by atoms with van der Waals surface area (Å²) in [5.74, 6) is 1.94. The van der Waals surface area contributed by atoms with Gasteiger partial charge in [-0.15, -0.1) is 0 Å². The normalized spacial score (nSPS) is 20.6. The average Bonchev–Trinajstić information content (AvgIpc) is 0.786. The standard InChI is InChI=1S/3C28H39BBrClN4O2.3CH4/c3*1-28(2,3)25-19-33(15-16-35(25)26(36)17-20-11-13-34(14-12-20)29(4)37)27(21-5-8-23(31)9-6-21)24-10-7-22(30)18-32-24;;;/h3*5-10,18,20,25,27,37H,11-17,19H2,1-4H3;3*1H4/t3*25-,27?;;;/m111.../s1. The highest BCUT2D eigenvalue weighted by molar-refractivity contribution is 9.11. The van der Waals surface area contributed by atoms with Crippen molar-refractivity contribution in [1.82, 2.24) is 58.8 Å². The van der Waals surface area contributed by atoms with Gasteiger partial charge in [-0.2, -0.15) is 0 Å². The summed E-state index contributed by atoms with van der Waals surface area (Å²) >= 11 is 29.2. The number of piperazine rings is 3. The van der Waals surface area contributed by atoms with Crippen LogP contribution in [0.25, 0.3) is 0 Å². The van der Waals surface area contributed by atoms with Gasteiger partial charge in [0.15, 0.2) is 0 Å². The molecule has 624 valence electrons. The van der Waals surface area contributed by atoms with Crippen LogP contribution in [0.2, 0.25) is 35.5 Å². The smallest absolute Gasteiger partial charge is 0.376 e. The lowest BCUT2D eigenvalue weighted by molar-refractivity contribution is -0.142. The number of piperidine rings is 3. The maximum absolute atomic E-state index is 13.6. The molecule has 6 atom stereocenters. The molecule has 114 heavy (non-hydrogen) atoms. The Bertz CT molecular complexity index is 3390. The zero-order valence-corrected chi connectivity index (χ0v) is 74.2. The van der Waals surface area contributed by atoms with Crippen molar-refractivity contribution in [2.24, 2.45) is 34.0 Å². The van der Waals surface area contributed by atoms with Gasteiger partial charge in [0.1, 0.15) is 0 Å². The Morgan fingerprint density at radius 2 is 0.596 bits per heavy atom. The third-order valence-corrected chi connectivity index (χ3v) is 26.0. The molecule has 6 fully saturated rings. The lowest BCUT2D eigenvalue weighted by Gasteiger charge is -2.49. The molecule has 3 amide bonds. The topological polar surface area (TPSA) is 180 Å². The second-order valence-corrected chi connectivity index (χ2v) is 39.0. The average molecular weight is 1820 g/mol. The van der Waals surface area contributed by atoms with E-state index in [1.54, 1.807) is 0 Å². The summed E-state index contributed by atoms with van der Waals surface area (Å²) in [6.45, 7) is 37.5. The monoisotopic (exact) mass is 1810 g/mol. The molecule has 27 heteroatoms. The van der Waals surface area contributed by atoms with Crippen LogP contribution in [0.15, 0.2) is 141 Å². The largest absolute Gasteiger partial charge is 0.437 e. The van der Waals surface area contributed by atoms with Crippen molar-refractivity contribution in [1.29, 1.82) is 0 Å². The highest BCUT2D eigenvalue weighted by Crippen LogP contribution is 2.41. The molecule has 0 radical (unpaired) electrons. The van der Waals surface area contributed by atoms with Gasteiger partial charge in [0.05, 0.1) is 35.2 Å². The number of rotatable bonds is 18. The Morgan fingerprint density at radius 3 is 0.781 bits per heavy atom. The van der Waals surface area contributed by atoms with Crippen LogP contribution < -0.4 is 0 Å². The molecule has 6 aliphatic heterocycles. The summed E-state index contributed by atoms with van der Waals surface area (Å²) in [5.41, 5.74) is 6.21. The molecule has 0 saturated carbocycles. The van der Waals surface area contributed by atoms with E-state index >= 15 is 0 Å². The third-order valence-electron chi connectivity index (χ3n) is 23.9. The molecule has 6 aliphatic rings. The lowest BCUT2D eigenvalue weighted by atomic mass is 9.80. The number of amides is 3. The van der Waals surface area contributed by atoms with Crippen LogP contribution in [0.5, 0.6) is 0 Å². The number of halogens is 6. The maximum Gasteiger partial charge on any atom is 0.376 e. The summed E-state index contributed by atoms with van der Waals surface area (Å²) < 4.78 is 2.86. The number of hydrogen-bond donors (Lipinski definition) is 3. The second kappa shape index (κ2) is 43.8. The number of carbonyl (C=O) groups is 3. The summed E-state index contributed by atoms with van der Waals surface area (Å²) in [6, 6.07) is 36.7. The van der Waals surface area contributed by atoms with Crippen molar-refractivity contribution in [3.8, 4) is 0 Å². The predicted octanol–water partition coefficient (Wildman–Crippen LogP) is 18.0. The summed E-state index contributed by atoms with van der Waals surface area (Å²) in [6.07, 6.45) is 13.1. The highest BCUT2D eigenvalue weighted by Gasteiger charge is 2.45. The van der Waals surface area contributed by atoms with Gasteiger partial charge in [0.2, 0.25) is 17.7 Å². The maximum atomic E-state index is 13.6. The Labute approximate surface area is 725 Å². The molecule has 6 aromatic rings. The number of aromatic nitrogens is 3. The van der Waals surface area contributed by atoms with Crippen LogP contribution in [0.3, 0.4) is 0 Å². The summed E-state index contributed by atoms with van der Waals surface area (Å²) in [4.78, 5) is 75.3. The molecule has 3 aromatic heterocycles. The summed E-state index contributed by atoms with van der Waals surface area (Å²) in [5, 5.41) is 31.8. The molecule has 3 aromatic carbocycles. The molecule has 0 aliphatic carbocycles. The fourth-order valence-corrected chi connectivity index (χ4v) is 18.3. The Morgan fingerprint density at radius 1 is 0.377 bits per heavy atom. The molecule has 12 rings (SSSR count). The van der Waals surface area contributed by atoms with Gasteiger partial charge in [-0.1, -0.05) is 156 Å². The molecule has 0 spiro atoms. The first-order chi connectivity index (χ1) is 52.6. The van der Waals surface area contributed by atoms with Crippen molar-refractivity contribution in [3.05, 3.63) is 190 Å². The van der Waals surface area contributed by atoms with E-state index < -0.39 is 21.2 Å². The molecule has 9 heterocycles. The van der Waals surface area contributed by atoms with Crippen LogP contribution in [0.1, 0.15) is 194 Å². The highest BCUT2D eigenvalue weighted by atomic mass is 79.9. The molecular weight excluding hydrogens is 1690 g/mol. The minimum Gasteiger partial charge on any atom is -0.437 e. The Balaban J connectivity index is 0.000000234. The minimum absolute atomic E-state index is 0. The van der Waals surface area contributed by atoms with Crippen LogP contribution in [-0.4, -0.2) is 229 Å². The number of carbonyl (C=O) groups excluding carboxylic acids is 3. The van der Waals surface area contributed by atoms with E-state index in [4.69, 9.17) is 49.8 Å². The van der Waals surface area contributed by atoms with E-state index in [0.717, 1.165) is 164 Å². The van der Waals surface area contributed by atoms with Crippen molar-refractivity contribution in [2.75, 3.05) is 98.2 Å². The van der Waals surface area contributed by atoms with Crippen molar-refractivity contribution >= 4 is 121 Å². The number of benzene rings is 3. The van der Waals surface area contributed by atoms with E-state index in [1.165, 1.54) is 0 Å². The molecule has 0 bridgehead atoms. The van der Waals surface area contributed by atoms with Gasteiger partial charge in [0.25, 0.3) is 0 Å². The quantitative estimate of drug-likeness (QED) is 0.0691. The fourth-order valence-electron chi connectivity index (χ4n) is 17.2. The second-order valence-electron chi connectivity index (χ2n) is 34.9. The summed E-state index contributed by atoms with van der Waals surface area (Å²) in [7, 11) is -1.24. The van der Waals surface area contributed by atoms with E-state index in [-0.39, 0.29) is 92.5 Å². The van der Waals surface area contributed by atoms with Crippen molar-refractivity contribution in [2.45, 2.75) is 199 Å². The van der Waals surface area contributed by atoms with Crippen molar-refractivity contribution in [3.63, 3.8) is 0 Å². The van der Waals surface area contributed by atoms with Gasteiger partial charge in [-0.25, -0.2) is 0 Å². The molecule has 3 unspecified atom stereocenters. The number of pyridine rings is 3. The first-order valence-corrected chi connectivity index (χ1v) is 43.6. The molecular formula is C87H129B3Br3Cl3N12O6. The van der Waals surface area contributed by atoms with Gasteiger partial charge in [0, 0.05) is 143 Å². The van der Waals surface area contributed by atoms with E-state index in [9.17, 15) is 29.5 Å². The third kappa shape index (κ3) is 26.6. The fraction of sp³-hybridized carbons (Fsp3) is 0.586. The zero-order chi connectivity index (χ0) is 80.2. The predicted molar refractivity (Wildman–Crippen MR) is 484 cm³/mol. The first kappa shape index (κ1) is 96.8. The van der Waals surface area contributed by atoms with Crippen LogP contribution in [-0.2, 0) is 14.4 Å². The van der Waals surface area contributed by atoms with E-state index in [2.05, 4.69) is 209 Å². The Hall–Kier alpha value is -4.34. The van der Waals surface area contributed by atoms with Crippen LogP contribution in [0, 0.1) is 34.0 Å². The zero-order valence-electron chi connectivity index (χ0n) is 67.2. The van der Waals surface area contributed by atoms with Crippen LogP contribution >= 0.6 is 82.6 Å². The molecule has 18 nitrogen and oxygen atoms in total. The van der Waals surface area contributed by atoms with E-state index in [0.29, 0.717) is 71.7 Å². The van der Waals surface area contributed by atoms with Gasteiger partial charge in [-0.3, -0.25) is 44.0 Å². The lowest BCUT2D eigenvalue weighted by Crippen LogP contribution is -2.60. The van der Waals surface area contributed by atoms with Gasteiger partial charge in [-0.05, 0) is 270 Å². The first-order valence-electron chi connectivity index (χ1n) is 40.1. The minimum atomic E-state index is -0.413. The Kier molecular flexibility index (Phi) is 37.2. The molecule has 3 N–H and O–H groups in total. The van der Waals surface area contributed by atoms with Crippen molar-refractivity contribution < 1.29 is 29.5 Å².